The van der Waals surface area contributed by atoms with Crippen LogP contribution in [0, 0.1) is 6.92 Å². The normalized spacial score (nSPS) is 10.3. The van der Waals surface area contributed by atoms with Crippen LogP contribution in [-0.2, 0) is 0 Å². The molecule has 0 fully saturated rings. The largest absolute Gasteiger partial charge is 1.00 e. The van der Waals surface area contributed by atoms with Gasteiger partial charge in [-0.05, 0) is 30.7 Å². The van der Waals surface area contributed by atoms with E-state index in [1.807, 2.05) is 0 Å². The number of hydrogen-bond acceptors (Lipinski definition) is 7. The number of nitrogens with two attached hydrogens (primary N) is 1. The SMILES string of the molecule is COc1nc(C)c(-c2ccn3nc(N)nc3c2)cc1C(=O)[O-].[Li+]. The van der Waals surface area contributed by atoms with E-state index in [0.717, 1.165) is 5.56 Å². The first kappa shape index (κ1) is 16.8. The van der Waals surface area contributed by atoms with Crippen molar-refractivity contribution >= 4 is 17.6 Å². The minimum Gasteiger partial charge on any atom is -0.545 e. The Labute approximate surface area is 143 Å². The quantitative estimate of drug-likeness (QED) is 0.514. The van der Waals surface area contributed by atoms with E-state index in [1.165, 1.54) is 17.7 Å². The molecule has 0 aliphatic carbocycles. The van der Waals surface area contributed by atoms with Crippen molar-refractivity contribution in [1.82, 2.24) is 19.6 Å². The second-order valence-electron chi connectivity index (χ2n) is 4.65. The smallest absolute Gasteiger partial charge is 0.545 e. The first-order chi connectivity index (χ1) is 10.5. The minimum atomic E-state index is -1.35. The molecule has 0 saturated heterocycles. The molecule has 0 spiro atoms. The molecule has 0 aliphatic heterocycles. The van der Waals surface area contributed by atoms with Gasteiger partial charge in [0, 0.05) is 17.5 Å². The molecule has 23 heavy (non-hydrogen) atoms. The van der Waals surface area contributed by atoms with Crippen LogP contribution >= 0.6 is 0 Å². The van der Waals surface area contributed by atoms with Crippen LogP contribution in [0.25, 0.3) is 16.8 Å². The summed E-state index contributed by atoms with van der Waals surface area (Å²) in [5, 5.41) is 15.2. The Kier molecular flexibility index (Phi) is 4.59. The van der Waals surface area contributed by atoms with Gasteiger partial charge in [-0.1, -0.05) is 0 Å². The molecular formula is C14H12LiN5O3. The molecule has 0 saturated carbocycles. The number of aromatic nitrogens is 4. The molecule has 0 bridgehead atoms. The number of hydrogen-bond donors (Lipinski definition) is 1. The van der Waals surface area contributed by atoms with Crippen molar-refractivity contribution in [1.29, 1.82) is 0 Å². The van der Waals surface area contributed by atoms with Gasteiger partial charge in [-0.25, -0.2) is 9.50 Å². The molecule has 2 N–H and O–H groups in total. The molecule has 0 unspecified atom stereocenters. The number of methoxy groups -OCH3 is 1. The predicted octanol–water partition coefficient (Wildman–Crippen LogP) is -2.94. The molecule has 0 radical (unpaired) electrons. The number of carbonyl (C=O) groups excluding carboxylic acids is 1. The second-order valence-corrected chi connectivity index (χ2v) is 4.65. The summed E-state index contributed by atoms with van der Waals surface area (Å²) < 4.78 is 6.51. The molecule has 3 aromatic heterocycles. The Morgan fingerprint density at radius 1 is 1.35 bits per heavy atom. The first-order valence-corrected chi connectivity index (χ1v) is 6.39. The zero-order valence-electron chi connectivity index (χ0n) is 12.9. The number of pyridine rings is 2. The van der Waals surface area contributed by atoms with Gasteiger partial charge in [-0.15, -0.1) is 5.10 Å². The van der Waals surface area contributed by atoms with Crippen LogP contribution in [0.15, 0.2) is 24.4 Å². The van der Waals surface area contributed by atoms with Crippen molar-refractivity contribution < 1.29 is 33.5 Å². The van der Waals surface area contributed by atoms with E-state index in [1.54, 1.807) is 25.3 Å². The summed E-state index contributed by atoms with van der Waals surface area (Å²) in [5.74, 6) is -1.16. The van der Waals surface area contributed by atoms with Gasteiger partial charge in [0.2, 0.25) is 11.8 Å². The van der Waals surface area contributed by atoms with Crippen LogP contribution in [0.1, 0.15) is 16.1 Å². The molecule has 8 nitrogen and oxygen atoms in total. The number of aromatic carboxylic acids is 1. The number of rotatable bonds is 3. The van der Waals surface area contributed by atoms with Crippen molar-refractivity contribution in [2.45, 2.75) is 6.92 Å². The number of ether oxygens (including phenoxy) is 1. The van der Waals surface area contributed by atoms with Crippen LogP contribution in [0.4, 0.5) is 5.95 Å². The van der Waals surface area contributed by atoms with E-state index in [2.05, 4.69) is 15.1 Å². The average Bonchev–Trinajstić information content (AvgIpc) is 2.85. The molecule has 112 valence electrons. The van der Waals surface area contributed by atoms with E-state index in [4.69, 9.17) is 10.5 Å². The zero-order chi connectivity index (χ0) is 15.9. The van der Waals surface area contributed by atoms with Crippen molar-refractivity contribution in [2.75, 3.05) is 12.8 Å². The number of anilines is 1. The van der Waals surface area contributed by atoms with Gasteiger partial charge < -0.3 is 20.4 Å². The van der Waals surface area contributed by atoms with E-state index in [-0.39, 0.29) is 36.3 Å². The van der Waals surface area contributed by atoms with Gasteiger partial charge in [0.25, 0.3) is 0 Å². The maximum Gasteiger partial charge on any atom is 1.00 e. The number of fused-ring (bicyclic) bond motifs is 1. The fraction of sp³-hybridized carbons (Fsp3) is 0.143. The van der Waals surface area contributed by atoms with Crippen LogP contribution in [0.5, 0.6) is 5.88 Å². The van der Waals surface area contributed by atoms with Crippen LogP contribution in [0.2, 0.25) is 0 Å². The van der Waals surface area contributed by atoms with E-state index < -0.39 is 5.97 Å². The number of carboxylic acid groups (broad SMARTS) is 1. The van der Waals surface area contributed by atoms with Gasteiger partial charge in [-0.2, -0.15) is 4.98 Å². The third-order valence-electron chi connectivity index (χ3n) is 3.26. The van der Waals surface area contributed by atoms with Gasteiger partial charge in [0.15, 0.2) is 5.65 Å². The Morgan fingerprint density at radius 2 is 2.09 bits per heavy atom. The van der Waals surface area contributed by atoms with Gasteiger partial charge in [0.1, 0.15) is 0 Å². The van der Waals surface area contributed by atoms with E-state index >= 15 is 0 Å². The minimum absolute atomic E-state index is 0. The van der Waals surface area contributed by atoms with Gasteiger partial charge >= 0.3 is 18.9 Å². The monoisotopic (exact) mass is 305 g/mol. The van der Waals surface area contributed by atoms with Crippen molar-refractivity contribution in [3.05, 3.63) is 35.7 Å². The van der Waals surface area contributed by atoms with Crippen LogP contribution in [0.3, 0.4) is 0 Å². The first-order valence-electron chi connectivity index (χ1n) is 6.39. The maximum atomic E-state index is 11.2. The fourth-order valence-corrected chi connectivity index (χ4v) is 2.24. The number of aryl methyl sites for hydroxylation is 1. The van der Waals surface area contributed by atoms with E-state index in [0.29, 0.717) is 16.9 Å². The zero-order valence-corrected chi connectivity index (χ0v) is 12.9. The molecule has 3 rings (SSSR count). The summed E-state index contributed by atoms with van der Waals surface area (Å²) in [4.78, 5) is 19.5. The number of nitrogens with zero attached hydrogens (tertiary/aromatic N) is 4. The summed E-state index contributed by atoms with van der Waals surface area (Å²) in [7, 11) is 1.36. The molecule has 0 aliphatic rings. The standard InChI is InChI=1S/C14H13N5O3.Li/c1-7-9(6-10(13(20)21)12(16-7)22-2)8-3-4-19-11(5-8)17-14(15)18-19;/h3-6H,1-2H3,(H2,15,18)(H,20,21);/q;+1/p-1. The number of carbonyl (C=O) groups is 1. The maximum absolute atomic E-state index is 11.2. The summed E-state index contributed by atoms with van der Waals surface area (Å²) in [6.07, 6.45) is 1.69. The van der Waals surface area contributed by atoms with Gasteiger partial charge in [0.05, 0.1) is 18.6 Å². The topological polar surface area (TPSA) is 118 Å². The summed E-state index contributed by atoms with van der Waals surface area (Å²) in [5.41, 5.74) is 8.01. The summed E-state index contributed by atoms with van der Waals surface area (Å²) >= 11 is 0. The molecule has 3 heterocycles. The average molecular weight is 305 g/mol. The van der Waals surface area contributed by atoms with Crippen molar-refractivity contribution in [2.24, 2.45) is 0 Å². The Morgan fingerprint density at radius 3 is 2.74 bits per heavy atom. The third-order valence-corrected chi connectivity index (χ3v) is 3.26. The molecule has 0 aromatic carbocycles. The Balaban J connectivity index is 0.00000192. The molecule has 3 aromatic rings. The Hall–Kier alpha value is -2.56. The molecule has 0 amide bonds. The number of nitrogen functional groups attached to an aromatic ring is 1. The van der Waals surface area contributed by atoms with Crippen molar-refractivity contribution in [3.8, 4) is 17.0 Å². The third kappa shape index (κ3) is 2.99. The second kappa shape index (κ2) is 6.28. The van der Waals surface area contributed by atoms with Crippen LogP contribution < -0.4 is 34.4 Å². The molecular weight excluding hydrogens is 293 g/mol. The Bertz CT molecular complexity index is 893. The number of carboxylic acids is 1. The predicted molar refractivity (Wildman–Crippen MR) is 76.2 cm³/mol. The van der Waals surface area contributed by atoms with Crippen molar-refractivity contribution in [3.63, 3.8) is 0 Å². The fourth-order valence-electron chi connectivity index (χ4n) is 2.24. The van der Waals surface area contributed by atoms with Gasteiger partial charge in [-0.3, -0.25) is 0 Å². The molecule has 0 atom stereocenters. The summed E-state index contributed by atoms with van der Waals surface area (Å²) in [6.45, 7) is 1.76. The van der Waals surface area contributed by atoms with E-state index in [9.17, 15) is 9.90 Å². The molecule has 9 heteroatoms. The van der Waals surface area contributed by atoms with Crippen LogP contribution in [-0.4, -0.2) is 32.7 Å². The summed E-state index contributed by atoms with van der Waals surface area (Å²) in [6, 6.07) is 5.00.